The molecule has 1 aromatic heterocycles. The molecule has 5 heteroatoms. The Morgan fingerprint density at radius 1 is 1.40 bits per heavy atom. The molecular weight excluding hydrogens is 272 g/mol. The van der Waals surface area contributed by atoms with Crippen molar-refractivity contribution in [3.05, 3.63) is 40.9 Å². The summed E-state index contributed by atoms with van der Waals surface area (Å²) in [6.45, 7) is 3.97. The van der Waals surface area contributed by atoms with Crippen molar-refractivity contribution >= 4 is 22.4 Å². The van der Waals surface area contributed by atoms with Gasteiger partial charge in [-0.15, -0.1) is 11.3 Å². The summed E-state index contributed by atoms with van der Waals surface area (Å²) in [4.78, 5) is 17.6. The van der Waals surface area contributed by atoms with E-state index >= 15 is 0 Å². The van der Waals surface area contributed by atoms with Crippen LogP contribution in [0.4, 0.5) is 5.13 Å². The minimum absolute atomic E-state index is 0.0213. The molecule has 1 aromatic carbocycles. The number of nitrogens with one attached hydrogen (secondary N) is 1. The highest BCUT2D eigenvalue weighted by Gasteiger charge is 2.19. The molecule has 106 valence electrons. The lowest BCUT2D eigenvalue weighted by molar-refractivity contribution is -0.117. The summed E-state index contributed by atoms with van der Waals surface area (Å²) in [5.41, 5.74) is 0.985. The number of hydrogen-bond donors (Lipinski definition) is 1. The fourth-order valence-corrected chi connectivity index (χ4v) is 2.68. The van der Waals surface area contributed by atoms with E-state index in [1.807, 2.05) is 38.1 Å². The minimum atomic E-state index is -0.176. The Morgan fingerprint density at radius 3 is 2.60 bits per heavy atom. The van der Waals surface area contributed by atoms with Crippen LogP contribution in [0.2, 0.25) is 0 Å². The second-order valence-corrected chi connectivity index (χ2v) is 5.73. The summed E-state index contributed by atoms with van der Waals surface area (Å²) in [5, 5.41) is 3.53. The number of carbonyl (C=O) groups excluding carboxylic acids is 1. The van der Waals surface area contributed by atoms with Gasteiger partial charge in [0.15, 0.2) is 5.13 Å². The van der Waals surface area contributed by atoms with Gasteiger partial charge >= 0.3 is 0 Å². The molecular formula is C15H18N2O2S. The number of nitrogens with zero attached hydrogens (tertiary/aromatic N) is 1. The zero-order valence-electron chi connectivity index (χ0n) is 11.8. The van der Waals surface area contributed by atoms with Crippen LogP contribution < -0.4 is 10.1 Å². The van der Waals surface area contributed by atoms with Gasteiger partial charge in [0, 0.05) is 11.1 Å². The van der Waals surface area contributed by atoms with E-state index in [1.54, 1.807) is 13.3 Å². The average Bonchev–Trinajstić information content (AvgIpc) is 2.85. The Hall–Kier alpha value is -1.88. The molecule has 1 amide bonds. The normalized spacial score (nSPS) is 11.9. The highest BCUT2D eigenvalue weighted by Crippen LogP contribution is 2.25. The molecule has 1 atom stereocenters. The quantitative estimate of drug-likeness (QED) is 0.915. The van der Waals surface area contributed by atoms with Gasteiger partial charge in [-0.3, -0.25) is 4.79 Å². The SMILES string of the molecule is CCC(C(=O)Nc1ncc(C)s1)c1ccc(OC)cc1. The van der Waals surface area contributed by atoms with Crippen LogP contribution >= 0.6 is 11.3 Å². The summed E-state index contributed by atoms with van der Waals surface area (Å²) < 4.78 is 5.13. The molecule has 0 saturated carbocycles. The zero-order chi connectivity index (χ0) is 14.5. The number of ether oxygens (including phenoxy) is 1. The van der Waals surface area contributed by atoms with Gasteiger partial charge in [-0.05, 0) is 31.0 Å². The monoisotopic (exact) mass is 290 g/mol. The van der Waals surface area contributed by atoms with Crippen LogP contribution in [0.3, 0.4) is 0 Å². The summed E-state index contributed by atoms with van der Waals surface area (Å²) in [6, 6.07) is 7.61. The highest BCUT2D eigenvalue weighted by molar-refractivity contribution is 7.15. The number of methoxy groups -OCH3 is 1. The Labute approximate surface area is 122 Å². The van der Waals surface area contributed by atoms with Crippen molar-refractivity contribution in [2.24, 2.45) is 0 Å². The van der Waals surface area contributed by atoms with Crippen molar-refractivity contribution in [3.63, 3.8) is 0 Å². The van der Waals surface area contributed by atoms with E-state index in [1.165, 1.54) is 11.3 Å². The van der Waals surface area contributed by atoms with Gasteiger partial charge in [-0.25, -0.2) is 4.98 Å². The van der Waals surface area contributed by atoms with Crippen LogP contribution in [0.5, 0.6) is 5.75 Å². The molecule has 1 unspecified atom stereocenters. The fraction of sp³-hybridized carbons (Fsp3) is 0.333. The third-order valence-electron chi connectivity index (χ3n) is 3.09. The Kier molecular flexibility index (Phi) is 4.74. The van der Waals surface area contributed by atoms with E-state index in [0.717, 1.165) is 22.6 Å². The molecule has 0 spiro atoms. The molecule has 20 heavy (non-hydrogen) atoms. The predicted octanol–water partition coefficient (Wildman–Crippen LogP) is 3.59. The molecule has 0 aliphatic rings. The summed E-state index contributed by atoms with van der Waals surface area (Å²) >= 11 is 1.48. The standard InChI is InChI=1S/C15H18N2O2S/c1-4-13(11-5-7-12(19-3)8-6-11)14(18)17-15-16-9-10(2)20-15/h5-9,13H,4H2,1-3H3,(H,16,17,18). The van der Waals surface area contributed by atoms with Gasteiger partial charge in [0.1, 0.15) is 5.75 Å². The topological polar surface area (TPSA) is 51.2 Å². The fourth-order valence-electron chi connectivity index (χ4n) is 2.01. The molecule has 0 fully saturated rings. The van der Waals surface area contributed by atoms with E-state index in [-0.39, 0.29) is 11.8 Å². The Morgan fingerprint density at radius 2 is 2.10 bits per heavy atom. The number of carbonyl (C=O) groups is 1. The van der Waals surface area contributed by atoms with Crippen LogP contribution in [0.15, 0.2) is 30.5 Å². The number of thiazole rings is 1. The van der Waals surface area contributed by atoms with Crippen LogP contribution in [-0.2, 0) is 4.79 Å². The minimum Gasteiger partial charge on any atom is -0.497 e. The van der Waals surface area contributed by atoms with Gasteiger partial charge in [-0.2, -0.15) is 0 Å². The first-order chi connectivity index (χ1) is 9.63. The lowest BCUT2D eigenvalue weighted by Gasteiger charge is -2.14. The van der Waals surface area contributed by atoms with Gasteiger partial charge in [0.05, 0.1) is 13.0 Å². The molecule has 4 nitrogen and oxygen atoms in total. The Bertz CT molecular complexity index is 578. The third kappa shape index (κ3) is 3.36. The van der Waals surface area contributed by atoms with Crippen molar-refractivity contribution in [3.8, 4) is 5.75 Å². The molecule has 0 aliphatic heterocycles. The lowest BCUT2D eigenvalue weighted by atomic mass is 9.95. The van der Waals surface area contributed by atoms with Crippen LogP contribution in [0.1, 0.15) is 29.7 Å². The largest absolute Gasteiger partial charge is 0.497 e. The lowest BCUT2D eigenvalue weighted by Crippen LogP contribution is -2.20. The number of benzene rings is 1. The molecule has 2 rings (SSSR count). The van der Waals surface area contributed by atoms with Crippen molar-refractivity contribution in [1.29, 1.82) is 0 Å². The molecule has 1 N–H and O–H groups in total. The molecule has 0 radical (unpaired) electrons. The Balaban J connectivity index is 2.11. The van der Waals surface area contributed by atoms with Crippen LogP contribution in [0, 0.1) is 6.92 Å². The zero-order valence-corrected chi connectivity index (χ0v) is 12.7. The van der Waals surface area contributed by atoms with E-state index in [0.29, 0.717) is 5.13 Å². The first kappa shape index (κ1) is 14.5. The van der Waals surface area contributed by atoms with E-state index in [4.69, 9.17) is 4.74 Å². The van der Waals surface area contributed by atoms with E-state index in [2.05, 4.69) is 10.3 Å². The van der Waals surface area contributed by atoms with Crippen LogP contribution in [0.25, 0.3) is 0 Å². The van der Waals surface area contributed by atoms with E-state index in [9.17, 15) is 4.79 Å². The first-order valence-corrected chi connectivity index (χ1v) is 7.33. The molecule has 1 heterocycles. The number of rotatable bonds is 5. The highest BCUT2D eigenvalue weighted by atomic mass is 32.1. The predicted molar refractivity (Wildman–Crippen MR) is 81.5 cm³/mol. The maximum Gasteiger partial charge on any atom is 0.233 e. The first-order valence-electron chi connectivity index (χ1n) is 6.51. The third-order valence-corrected chi connectivity index (χ3v) is 3.92. The molecule has 0 aliphatic carbocycles. The number of anilines is 1. The summed E-state index contributed by atoms with van der Waals surface area (Å²) in [6.07, 6.45) is 2.50. The summed E-state index contributed by atoms with van der Waals surface area (Å²) in [7, 11) is 1.63. The van der Waals surface area contributed by atoms with Gasteiger partial charge in [0.2, 0.25) is 5.91 Å². The smallest absolute Gasteiger partial charge is 0.233 e. The number of aromatic nitrogens is 1. The average molecular weight is 290 g/mol. The van der Waals surface area contributed by atoms with Crippen molar-refractivity contribution in [2.75, 3.05) is 12.4 Å². The number of aryl methyl sites for hydroxylation is 1. The van der Waals surface area contributed by atoms with Gasteiger partial charge < -0.3 is 10.1 Å². The van der Waals surface area contributed by atoms with Crippen LogP contribution in [-0.4, -0.2) is 18.0 Å². The maximum atomic E-state index is 12.3. The molecule has 2 aromatic rings. The van der Waals surface area contributed by atoms with Gasteiger partial charge in [-0.1, -0.05) is 19.1 Å². The second-order valence-electron chi connectivity index (χ2n) is 4.50. The molecule has 0 saturated heterocycles. The number of hydrogen-bond acceptors (Lipinski definition) is 4. The number of amides is 1. The van der Waals surface area contributed by atoms with E-state index < -0.39 is 0 Å². The second kappa shape index (κ2) is 6.52. The van der Waals surface area contributed by atoms with Crippen molar-refractivity contribution in [1.82, 2.24) is 4.98 Å². The van der Waals surface area contributed by atoms with Crippen molar-refractivity contribution in [2.45, 2.75) is 26.2 Å². The maximum absolute atomic E-state index is 12.3. The molecule has 0 bridgehead atoms. The van der Waals surface area contributed by atoms with Crippen molar-refractivity contribution < 1.29 is 9.53 Å². The van der Waals surface area contributed by atoms with Gasteiger partial charge in [0.25, 0.3) is 0 Å². The summed E-state index contributed by atoms with van der Waals surface area (Å²) in [5.74, 6) is 0.594.